The molecule has 1 atom stereocenters. The molecule has 0 aromatic carbocycles. The molecule has 0 saturated carbocycles. The number of rotatable bonds is 9. The van der Waals surface area contributed by atoms with Crippen LogP contribution in [0.1, 0.15) is 42.8 Å². The van der Waals surface area contributed by atoms with Crippen LogP contribution in [0.3, 0.4) is 0 Å². The van der Waals surface area contributed by atoms with Gasteiger partial charge in [-0.2, -0.15) is 13.2 Å². The smallest absolute Gasteiger partial charge is 0.353 e. The molecule has 0 fully saturated rings. The number of alkyl halides is 4. The van der Waals surface area contributed by atoms with Crippen LogP contribution in [0.15, 0.2) is 24.7 Å². The molecule has 0 saturated heterocycles. The van der Waals surface area contributed by atoms with Crippen molar-refractivity contribution >= 4 is 23.2 Å². The molecule has 3 aromatic heterocycles. The molecule has 10 nitrogen and oxygen atoms in total. The monoisotopic (exact) mass is 486 g/mol. The van der Waals surface area contributed by atoms with Crippen LogP contribution in [0.5, 0.6) is 0 Å². The highest BCUT2D eigenvalue weighted by molar-refractivity contribution is 7.13. The van der Waals surface area contributed by atoms with Gasteiger partial charge in [-0.15, -0.1) is 15.3 Å². The lowest BCUT2D eigenvalue weighted by Gasteiger charge is -2.08. The van der Waals surface area contributed by atoms with Crippen molar-refractivity contribution in [3.63, 3.8) is 0 Å². The first-order valence-electron chi connectivity index (χ1n) is 9.53. The zero-order chi connectivity index (χ0) is 24.0. The van der Waals surface area contributed by atoms with Crippen LogP contribution in [-0.4, -0.2) is 55.2 Å². The minimum absolute atomic E-state index is 0.0896. The third kappa shape index (κ3) is 6.74. The van der Waals surface area contributed by atoms with Crippen molar-refractivity contribution in [1.29, 1.82) is 0 Å². The van der Waals surface area contributed by atoms with Gasteiger partial charge in [-0.05, 0) is 18.1 Å². The molecule has 0 aliphatic rings. The fourth-order valence-corrected chi connectivity index (χ4v) is 3.43. The predicted octanol–water partition coefficient (Wildman–Crippen LogP) is 1.80. The molecule has 15 heteroatoms. The molecule has 0 aliphatic carbocycles. The first-order chi connectivity index (χ1) is 15.7. The van der Waals surface area contributed by atoms with Gasteiger partial charge in [0.05, 0.1) is 18.3 Å². The topological polar surface area (TPSA) is 128 Å². The molecular weight excluding hydrogens is 468 g/mol. The minimum atomic E-state index is -4.54. The molecule has 0 bridgehead atoms. The van der Waals surface area contributed by atoms with E-state index in [2.05, 4.69) is 36.1 Å². The van der Waals surface area contributed by atoms with Crippen molar-refractivity contribution in [2.45, 2.75) is 38.3 Å². The summed E-state index contributed by atoms with van der Waals surface area (Å²) < 4.78 is 53.7. The SMILES string of the molecule is CNC(=O)c1nnc(CCC(F)Cn2cc(C(=O)NCc3cncc(C(F)(F)F)c3)nn2)s1. The minimum Gasteiger partial charge on any atom is -0.353 e. The lowest BCUT2D eigenvalue weighted by Crippen LogP contribution is -2.23. The number of hydrogen-bond acceptors (Lipinski definition) is 8. The average Bonchev–Trinajstić information content (AvgIpc) is 3.45. The highest BCUT2D eigenvalue weighted by atomic mass is 32.1. The Balaban J connectivity index is 1.48. The number of carbonyl (C=O) groups is 2. The molecule has 3 rings (SSSR count). The Kier molecular flexibility index (Phi) is 7.63. The Morgan fingerprint density at radius 1 is 1.18 bits per heavy atom. The van der Waals surface area contributed by atoms with Crippen LogP contribution >= 0.6 is 11.3 Å². The van der Waals surface area contributed by atoms with E-state index in [0.29, 0.717) is 11.2 Å². The number of amides is 2. The maximum absolute atomic E-state index is 14.3. The Labute approximate surface area is 188 Å². The number of aromatic nitrogens is 6. The first kappa shape index (κ1) is 24.2. The number of nitrogens with one attached hydrogen (secondary N) is 2. The Morgan fingerprint density at radius 2 is 1.97 bits per heavy atom. The molecule has 3 heterocycles. The number of carbonyl (C=O) groups excluding carboxylic acids is 2. The number of aryl methyl sites for hydroxylation is 1. The van der Waals surface area contributed by atoms with E-state index in [0.717, 1.165) is 22.1 Å². The van der Waals surface area contributed by atoms with E-state index in [1.54, 1.807) is 0 Å². The van der Waals surface area contributed by atoms with E-state index in [1.165, 1.54) is 19.4 Å². The van der Waals surface area contributed by atoms with Gasteiger partial charge in [-0.1, -0.05) is 16.6 Å². The summed E-state index contributed by atoms with van der Waals surface area (Å²) in [7, 11) is 1.47. The Bertz CT molecular complexity index is 1120. The highest BCUT2D eigenvalue weighted by Crippen LogP contribution is 2.28. The Morgan fingerprint density at radius 3 is 2.70 bits per heavy atom. The fraction of sp³-hybridized carbons (Fsp3) is 0.389. The fourth-order valence-electron chi connectivity index (χ4n) is 2.63. The lowest BCUT2D eigenvalue weighted by molar-refractivity contribution is -0.137. The number of nitrogens with zero attached hydrogens (tertiary/aromatic N) is 6. The molecule has 0 radical (unpaired) electrons. The van der Waals surface area contributed by atoms with Gasteiger partial charge in [0.15, 0.2) is 5.69 Å². The molecule has 2 amide bonds. The quantitative estimate of drug-likeness (QED) is 0.442. The van der Waals surface area contributed by atoms with Gasteiger partial charge >= 0.3 is 6.18 Å². The number of halogens is 4. The predicted molar refractivity (Wildman–Crippen MR) is 107 cm³/mol. The second kappa shape index (κ2) is 10.4. The van der Waals surface area contributed by atoms with Gasteiger partial charge < -0.3 is 10.6 Å². The summed E-state index contributed by atoms with van der Waals surface area (Å²) in [5, 5.41) is 20.5. The van der Waals surface area contributed by atoms with E-state index < -0.39 is 23.8 Å². The average molecular weight is 486 g/mol. The normalized spacial score (nSPS) is 12.4. The maximum atomic E-state index is 14.3. The molecule has 3 aromatic rings. The van der Waals surface area contributed by atoms with Crippen LogP contribution in [0, 0.1) is 0 Å². The lowest BCUT2D eigenvalue weighted by atomic mass is 10.2. The van der Waals surface area contributed by atoms with E-state index in [4.69, 9.17) is 0 Å². The largest absolute Gasteiger partial charge is 0.417 e. The van der Waals surface area contributed by atoms with E-state index in [9.17, 15) is 27.2 Å². The molecule has 2 N–H and O–H groups in total. The third-order valence-electron chi connectivity index (χ3n) is 4.29. The molecule has 0 spiro atoms. The van der Waals surface area contributed by atoms with Crippen molar-refractivity contribution in [3.05, 3.63) is 51.5 Å². The van der Waals surface area contributed by atoms with Gasteiger partial charge in [-0.3, -0.25) is 14.6 Å². The Hall–Kier alpha value is -3.49. The van der Waals surface area contributed by atoms with E-state index >= 15 is 0 Å². The molecule has 1 unspecified atom stereocenters. The van der Waals surface area contributed by atoms with Gasteiger partial charge in [0.2, 0.25) is 5.01 Å². The number of hydrogen-bond donors (Lipinski definition) is 2. The van der Waals surface area contributed by atoms with Crippen molar-refractivity contribution in [2.75, 3.05) is 7.05 Å². The second-order valence-electron chi connectivity index (χ2n) is 6.80. The van der Waals surface area contributed by atoms with Gasteiger partial charge in [0, 0.05) is 32.4 Å². The summed E-state index contributed by atoms with van der Waals surface area (Å²) in [4.78, 5) is 27.2. The zero-order valence-corrected chi connectivity index (χ0v) is 18.0. The van der Waals surface area contributed by atoms with Gasteiger partial charge in [0.25, 0.3) is 11.8 Å². The summed E-state index contributed by atoms with van der Waals surface area (Å²) in [6, 6.07) is 0.882. The highest BCUT2D eigenvalue weighted by Gasteiger charge is 2.31. The van der Waals surface area contributed by atoms with Crippen molar-refractivity contribution < 1.29 is 27.2 Å². The van der Waals surface area contributed by atoms with Crippen LogP contribution in [0.25, 0.3) is 0 Å². The molecular formula is C18H18F4N8O2S. The van der Waals surface area contributed by atoms with Gasteiger partial charge in [-0.25, -0.2) is 9.07 Å². The van der Waals surface area contributed by atoms with Gasteiger partial charge in [0.1, 0.15) is 11.2 Å². The van der Waals surface area contributed by atoms with E-state index in [1.807, 2.05) is 0 Å². The summed E-state index contributed by atoms with van der Waals surface area (Å²) in [5.74, 6) is -1.04. The summed E-state index contributed by atoms with van der Waals surface area (Å²) in [6.45, 7) is -0.368. The third-order valence-corrected chi connectivity index (χ3v) is 5.27. The van der Waals surface area contributed by atoms with Crippen molar-refractivity contribution in [2.24, 2.45) is 0 Å². The first-order valence-corrected chi connectivity index (χ1v) is 10.4. The van der Waals surface area contributed by atoms with Crippen molar-refractivity contribution in [1.82, 2.24) is 40.8 Å². The molecule has 0 aliphatic heterocycles. The second-order valence-corrected chi connectivity index (χ2v) is 7.87. The zero-order valence-electron chi connectivity index (χ0n) is 17.1. The van der Waals surface area contributed by atoms with Crippen LogP contribution in [-0.2, 0) is 25.7 Å². The van der Waals surface area contributed by atoms with Crippen LogP contribution in [0.2, 0.25) is 0 Å². The van der Waals surface area contributed by atoms with Crippen LogP contribution in [0.4, 0.5) is 17.6 Å². The summed E-state index contributed by atoms with van der Waals surface area (Å²) in [5.41, 5.74) is -0.875. The molecule has 33 heavy (non-hydrogen) atoms. The maximum Gasteiger partial charge on any atom is 0.417 e. The standard InChI is InChI=1S/C18H18F4N8O2S/c1-23-16(32)17-28-27-14(33-17)3-2-12(19)8-30-9-13(26-29-30)15(31)25-6-10-4-11(7-24-5-10)18(20,21)22/h4-5,7,9,12H,2-3,6,8H2,1H3,(H,23,32)(H,25,31). The number of pyridine rings is 1. The van der Waals surface area contributed by atoms with E-state index in [-0.39, 0.29) is 48.1 Å². The summed E-state index contributed by atoms with van der Waals surface area (Å²) >= 11 is 1.07. The van der Waals surface area contributed by atoms with Crippen LogP contribution < -0.4 is 10.6 Å². The summed E-state index contributed by atoms with van der Waals surface area (Å²) in [6.07, 6.45) is -2.38. The van der Waals surface area contributed by atoms with Crippen molar-refractivity contribution in [3.8, 4) is 0 Å². The molecule has 176 valence electrons.